The minimum absolute atomic E-state index is 0.584. The molecule has 0 unspecified atom stereocenters. The number of ether oxygens (including phenoxy) is 2. The van der Waals surface area contributed by atoms with Crippen LogP contribution in [0.1, 0.15) is 29.5 Å². The van der Waals surface area contributed by atoms with Crippen LogP contribution in [0.5, 0.6) is 0 Å². The number of hydrogen-bond donors (Lipinski definition) is 0. The van der Waals surface area contributed by atoms with Crippen molar-refractivity contribution in [3.05, 3.63) is 39.8 Å². The van der Waals surface area contributed by atoms with Crippen molar-refractivity contribution in [2.75, 3.05) is 13.2 Å². The van der Waals surface area contributed by atoms with Crippen LogP contribution in [0.4, 0.5) is 0 Å². The third-order valence-electron chi connectivity index (χ3n) is 3.92. The first-order chi connectivity index (χ1) is 9.53. The highest BCUT2D eigenvalue weighted by atomic mass is 32.2. The van der Waals surface area contributed by atoms with E-state index in [0.29, 0.717) is 13.2 Å². The second-order valence-corrected chi connectivity index (χ2v) is 6.94. The number of aryl methyl sites for hydroxylation is 3. The molecule has 4 heteroatoms. The van der Waals surface area contributed by atoms with Gasteiger partial charge in [0.05, 0.1) is 28.9 Å². The van der Waals surface area contributed by atoms with Crippen LogP contribution in [0, 0.1) is 20.8 Å². The van der Waals surface area contributed by atoms with Gasteiger partial charge < -0.3 is 9.47 Å². The standard InChI is InChI=1S/C16H20O3S/c1-11-9-12(2)15(13(3)10-11)20(17)14-5-4-6-16(14)18-7-8-19-16/h5,9-10H,4,6-8H2,1-3H3/t20-/m1/s1. The van der Waals surface area contributed by atoms with Crippen LogP contribution >= 0.6 is 0 Å². The Morgan fingerprint density at radius 2 is 1.70 bits per heavy atom. The molecule has 1 aromatic rings. The second-order valence-electron chi connectivity index (χ2n) is 5.55. The predicted octanol–water partition coefficient (Wildman–Crippen LogP) is 3.14. The summed E-state index contributed by atoms with van der Waals surface area (Å²) in [5, 5.41) is 0. The zero-order valence-corrected chi connectivity index (χ0v) is 13.0. The maximum Gasteiger partial charge on any atom is 0.203 e. The number of rotatable bonds is 2. The highest BCUT2D eigenvalue weighted by Crippen LogP contribution is 2.42. The molecule has 0 saturated carbocycles. The summed E-state index contributed by atoms with van der Waals surface area (Å²) in [6.07, 6.45) is 3.67. The van der Waals surface area contributed by atoms with Gasteiger partial charge in [-0.15, -0.1) is 0 Å². The Bertz CT molecular complexity index is 575. The molecule has 2 aliphatic rings. The zero-order chi connectivity index (χ0) is 14.3. The molecule has 0 bridgehead atoms. The first kappa shape index (κ1) is 14.0. The van der Waals surface area contributed by atoms with Crippen LogP contribution in [0.2, 0.25) is 0 Å². The van der Waals surface area contributed by atoms with Crippen LogP contribution in [-0.4, -0.2) is 23.2 Å². The van der Waals surface area contributed by atoms with Gasteiger partial charge in [0, 0.05) is 11.3 Å². The summed E-state index contributed by atoms with van der Waals surface area (Å²) in [4.78, 5) is 1.70. The van der Waals surface area contributed by atoms with E-state index in [4.69, 9.17) is 9.47 Å². The predicted molar refractivity (Wildman–Crippen MR) is 79.0 cm³/mol. The van der Waals surface area contributed by atoms with Crippen molar-refractivity contribution in [2.45, 2.75) is 44.3 Å². The van der Waals surface area contributed by atoms with E-state index in [2.05, 4.69) is 19.1 Å². The van der Waals surface area contributed by atoms with E-state index in [9.17, 15) is 4.21 Å². The van der Waals surface area contributed by atoms with Crippen LogP contribution < -0.4 is 0 Å². The summed E-state index contributed by atoms with van der Waals surface area (Å²) in [5.74, 6) is -0.728. The summed E-state index contributed by atoms with van der Waals surface area (Å²) in [5.41, 5.74) is 3.34. The van der Waals surface area contributed by atoms with Crippen molar-refractivity contribution in [2.24, 2.45) is 0 Å². The number of benzene rings is 1. The zero-order valence-electron chi connectivity index (χ0n) is 12.2. The molecule has 1 aliphatic heterocycles. The Morgan fingerprint density at radius 1 is 1.10 bits per heavy atom. The van der Waals surface area contributed by atoms with Crippen molar-refractivity contribution in [1.82, 2.24) is 0 Å². The first-order valence-corrected chi connectivity index (χ1v) is 8.17. The van der Waals surface area contributed by atoms with Crippen molar-refractivity contribution in [3.8, 4) is 0 Å². The minimum Gasteiger partial charge on any atom is -0.343 e. The average Bonchev–Trinajstić information content (AvgIpc) is 2.99. The molecule has 0 aromatic heterocycles. The Kier molecular flexibility index (Phi) is 3.56. The molecule has 0 radical (unpaired) electrons. The molecular weight excluding hydrogens is 272 g/mol. The third kappa shape index (κ3) is 2.16. The quantitative estimate of drug-likeness (QED) is 0.840. The Labute approximate surface area is 122 Å². The lowest BCUT2D eigenvalue weighted by molar-refractivity contribution is -0.118. The summed E-state index contributed by atoms with van der Waals surface area (Å²) in [6.45, 7) is 7.27. The Morgan fingerprint density at radius 3 is 2.30 bits per heavy atom. The van der Waals surface area contributed by atoms with Crippen LogP contribution in [0.25, 0.3) is 0 Å². The molecule has 0 amide bonds. The van der Waals surface area contributed by atoms with Crippen molar-refractivity contribution >= 4 is 10.8 Å². The summed E-state index contributed by atoms with van der Waals surface area (Å²) in [6, 6.07) is 4.16. The van der Waals surface area contributed by atoms with Crippen LogP contribution in [-0.2, 0) is 20.3 Å². The summed E-state index contributed by atoms with van der Waals surface area (Å²) < 4.78 is 24.6. The molecule has 1 spiro atoms. The molecule has 0 N–H and O–H groups in total. The molecule has 108 valence electrons. The molecule has 1 aromatic carbocycles. The number of hydrogen-bond acceptors (Lipinski definition) is 3. The van der Waals surface area contributed by atoms with E-state index in [0.717, 1.165) is 33.8 Å². The fraction of sp³-hybridized carbons (Fsp3) is 0.500. The Balaban J connectivity index is 2.01. The highest BCUT2D eigenvalue weighted by molar-refractivity contribution is 7.89. The second kappa shape index (κ2) is 5.10. The molecule has 1 fully saturated rings. The molecular formula is C16H20O3S. The topological polar surface area (TPSA) is 35.5 Å². The van der Waals surface area contributed by atoms with Gasteiger partial charge in [0.25, 0.3) is 0 Å². The summed E-state index contributed by atoms with van der Waals surface area (Å²) >= 11 is 0. The van der Waals surface area contributed by atoms with E-state index in [-0.39, 0.29) is 0 Å². The largest absolute Gasteiger partial charge is 0.343 e. The fourth-order valence-electron chi connectivity index (χ4n) is 3.20. The molecule has 1 heterocycles. The fourth-order valence-corrected chi connectivity index (χ4v) is 4.89. The first-order valence-electron chi connectivity index (χ1n) is 7.02. The van der Waals surface area contributed by atoms with Gasteiger partial charge in [-0.2, -0.15) is 0 Å². The minimum atomic E-state index is -1.21. The average molecular weight is 292 g/mol. The smallest absolute Gasteiger partial charge is 0.203 e. The highest BCUT2D eigenvalue weighted by Gasteiger charge is 2.46. The molecule has 1 aliphatic carbocycles. The van der Waals surface area contributed by atoms with E-state index in [1.807, 2.05) is 19.9 Å². The number of allylic oxidation sites excluding steroid dienone is 1. The lowest BCUT2D eigenvalue weighted by Gasteiger charge is -2.25. The Hall–Kier alpha value is -0.970. The maximum absolute atomic E-state index is 13.0. The third-order valence-corrected chi connectivity index (χ3v) is 5.81. The van der Waals surface area contributed by atoms with Crippen LogP contribution in [0.3, 0.4) is 0 Å². The van der Waals surface area contributed by atoms with E-state index in [1.165, 1.54) is 5.56 Å². The van der Waals surface area contributed by atoms with Gasteiger partial charge >= 0.3 is 0 Å². The van der Waals surface area contributed by atoms with E-state index < -0.39 is 16.6 Å². The van der Waals surface area contributed by atoms with Gasteiger partial charge in [0.2, 0.25) is 5.79 Å². The monoisotopic (exact) mass is 292 g/mol. The van der Waals surface area contributed by atoms with Crippen LogP contribution in [0.15, 0.2) is 28.0 Å². The molecule has 1 atom stereocenters. The van der Waals surface area contributed by atoms with Gasteiger partial charge in [0.1, 0.15) is 0 Å². The summed E-state index contributed by atoms with van der Waals surface area (Å²) in [7, 11) is -1.21. The van der Waals surface area contributed by atoms with E-state index >= 15 is 0 Å². The molecule has 3 nitrogen and oxygen atoms in total. The van der Waals surface area contributed by atoms with Crippen molar-refractivity contribution in [1.29, 1.82) is 0 Å². The van der Waals surface area contributed by atoms with Crippen molar-refractivity contribution in [3.63, 3.8) is 0 Å². The van der Waals surface area contributed by atoms with Gasteiger partial charge in [0.15, 0.2) is 0 Å². The molecule has 1 saturated heterocycles. The normalized spacial score (nSPS) is 22.2. The lowest BCUT2D eigenvalue weighted by atomic mass is 10.1. The van der Waals surface area contributed by atoms with Gasteiger partial charge in [-0.1, -0.05) is 23.8 Å². The van der Waals surface area contributed by atoms with Gasteiger partial charge in [-0.3, -0.25) is 0 Å². The van der Waals surface area contributed by atoms with E-state index in [1.54, 1.807) is 0 Å². The van der Waals surface area contributed by atoms with Crippen molar-refractivity contribution < 1.29 is 13.7 Å². The lowest BCUT2D eigenvalue weighted by Crippen LogP contribution is -2.31. The maximum atomic E-state index is 13.0. The molecule has 20 heavy (non-hydrogen) atoms. The van der Waals surface area contributed by atoms with Gasteiger partial charge in [-0.25, -0.2) is 4.21 Å². The SMILES string of the molecule is Cc1cc(C)c([S@](=O)C2=CCCC23OCCO3)c(C)c1. The van der Waals surface area contributed by atoms with Gasteiger partial charge in [-0.05, 0) is 38.3 Å². The molecule has 3 rings (SSSR count).